The van der Waals surface area contributed by atoms with Crippen molar-refractivity contribution in [1.82, 2.24) is 19.9 Å². The number of nitrogens with one attached hydrogen (secondary N) is 1. The summed E-state index contributed by atoms with van der Waals surface area (Å²) >= 11 is 0. The molecule has 1 aliphatic carbocycles. The summed E-state index contributed by atoms with van der Waals surface area (Å²) in [5.41, 5.74) is 3.23. The fourth-order valence-electron chi connectivity index (χ4n) is 5.79. The number of ether oxygens (including phenoxy) is 2. The molecular weight excluding hydrogens is 440 g/mol. The first-order valence-electron chi connectivity index (χ1n) is 12.7. The van der Waals surface area contributed by atoms with Crippen LogP contribution in [0.1, 0.15) is 61.6 Å². The number of aliphatic hydroxyl groups is 1. The van der Waals surface area contributed by atoms with Crippen LogP contribution in [0.25, 0.3) is 11.3 Å². The normalized spacial score (nSPS) is 25.6. The van der Waals surface area contributed by atoms with Crippen LogP contribution in [0.2, 0.25) is 0 Å². The van der Waals surface area contributed by atoms with Gasteiger partial charge in [-0.3, -0.25) is 9.55 Å². The molecule has 2 N–H and O–H groups in total. The number of rotatable bonds is 7. The highest BCUT2D eigenvalue weighted by atomic mass is 16.7. The predicted octanol–water partition coefficient (Wildman–Crippen LogP) is 4.13. The molecule has 0 radical (unpaired) electrons. The Balaban J connectivity index is 1.43. The van der Waals surface area contributed by atoms with Gasteiger partial charge in [0.05, 0.1) is 24.8 Å². The molecule has 3 aromatic rings. The highest BCUT2D eigenvalue weighted by molar-refractivity contribution is 5.60. The maximum Gasteiger partial charge on any atom is 0.256 e. The summed E-state index contributed by atoms with van der Waals surface area (Å²) in [5.74, 6) is -0.197. The lowest BCUT2D eigenvalue weighted by Crippen LogP contribution is -2.63. The Labute approximate surface area is 206 Å². The first-order chi connectivity index (χ1) is 17.0. The predicted molar refractivity (Wildman–Crippen MR) is 133 cm³/mol. The highest BCUT2D eigenvalue weighted by Gasteiger charge is 2.53. The third kappa shape index (κ3) is 3.64. The topological polar surface area (TPSA) is 81.4 Å². The van der Waals surface area contributed by atoms with Gasteiger partial charge in [0.25, 0.3) is 5.91 Å². The minimum atomic E-state index is -1.19. The van der Waals surface area contributed by atoms with E-state index in [1.165, 1.54) is 18.4 Å². The summed E-state index contributed by atoms with van der Waals surface area (Å²) < 4.78 is 14.0. The van der Waals surface area contributed by atoms with Crippen LogP contribution < -0.4 is 5.32 Å². The van der Waals surface area contributed by atoms with Gasteiger partial charge in [0, 0.05) is 55.6 Å². The van der Waals surface area contributed by atoms with Gasteiger partial charge >= 0.3 is 0 Å². The molecule has 0 bridgehead atoms. The molecule has 184 valence electrons. The van der Waals surface area contributed by atoms with Crippen molar-refractivity contribution in [3.8, 4) is 11.3 Å². The van der Waals surface area contributed by atoms with Crippen LogP contribution in [0.5, 0.6) is 0 Å². The summed E-state index contributed by atoms with van der Waals surface area (Å²) in [5, 5.41) is 15.8. The van der Waals surface area contributed by atoms with E-state index in [9.17, 15) is 5.11 Å². The van der Waals surface area contributed by atoms with E-state index < -0.39 is 11.5 Å². The van der Waals surface area contributed by atoms with Gasteiger partial charge in [-0.1, -0.05) is 31.2 Å². The Morgan fingerprint density at radius 1 is 1.09 bits per heavy atom. The Morgan fingerprint density at radius 3 is 2.51 bits per heavy atom. The molecule has 1 saturated carbocycles. The molecule has 7 nitrogen and oxygen atoms in total. The monoisotopic (exact) mass is 474 g/mol. The highest BCUT2D eigenvalue weighted by Crippen LogP contribution is 2.49. The molecule has 0 amide bonds. The zero-order valence-electron chi connectivity index (χ0n) is 20.5. The van der Waals surface area contributed by atoms with Crippen LogP contribution in [-0.2, 0) is 21.0 Å². The fourth-order valence-corrected chi connectivity index (χ4v) is 5.79. The molecule has 3 aliphatic rings. The van der Waals surface area contributed by atoms with Crippen LogP contribution in [0.3, 0.4) is 0 Å². The van der Waals surface area contributed by atoms with Gasteiger partial charge in [-0.15, -0.1) is 0 Å². The quantitative estimate of drug-likeness (QED) is 0.536. The Morgan fingerprint density at radius 2 is 1.89 bits per heavy atom. The second-order valence-corrected chi connectivity index (χ2v) is 10.6. The van der Waals surface area contributed by atoms with Crippen LogP contribution in [0, 0.1) is 5.41 Å². The van der Waals surface area contributed by atoms with Crippen LogP contribution >= 0.6 is 0 Å². The maximum atomic E-state index is 12.5. The minimum absolute atomic E-state index is 0.352. The fraction of sp³-hybridized carbons (Fsp3) is 0.500. The van der Waals surface area contributed by atoms with Crippen LogP contribution in [0.4, 0.5) is 0 Å². The Kier molecular flexibility index (Phi) is 5.56. The number of pyridine rings is 1. The molecule has 3 fully saturated rings. The number of imidazole rings is 1. The summed E-state index contributed by atoms with van der Waals surface area (Å²) in [6, 6.07) is 10.6. The first kappa shape index (κ1) is 22.9. The van der Waals surface area contributed by atoms with Gasteiger partial charge in [0.15, 0.2) is 0 Å². The van der Waals surface area contributed by atoms with Crippen LogP contribution in [-0.4, -0.2) is 46.4 Å². The minimum Gasteiger partial charge on any atom is -0.380 e. The number of benzene rings is 1. The maximum absolute atomic E-state index is 12.5. The summed E-state index contributed by atoms with van der Waals surface area (Å²) in [6.07, 6.45) is 12.5. The van der Waals surface area contributed by atoms with Crippen molar-refractivity contribution >= 4 is 0 Å². The van der Waals surface area contributed by atoms with Crippen molar-refractivity contribution < 1.29 is 14.6 Å². The Bertz CT molecular complexity index is 1190. The molecule has 6 rings (SSSR count). The molecule has 2 atom stereocenters. The third-order valence-corrected chi connectivity index (χ3v) is 8.27. The second-order valence-electron chi connectivity index (χ2n) is 10.6. The van der Waals surface area contributed by atoms with Gasteiger partial charge in [-0.2, -0.15) is 0 Å². The molecule has 1 unspecified atom stereocenters. The van der Waals surface area contributed by atoms with Crippen molar-refractivity contribution in [3.05, 3.63) is 71.9 Å². The average molecular weight is 475 g/mol. The summed E-state index contributed by atoms with van der Waals surface area (Å²) in [6.45, 7) is 4.25. The van der Waals surface area contributed by atoms with Gasteiger partial charge in [-0.25, -0.2) is 4.98 Å². The molecule has 0 spiro atoms. The third-order valence-electron chi connectivity index (χ3n) is 8.27. The number of aromatic nitrogens is 3. The van der Waals surface area contributed by atoms with E-state index >= 15 is 0 Å². The average Bonchev–Trinajstić information content (AvgIpc) is 3.63. The van der Waals surface area contributed by atoms with Crippen molar-refractivity contribution in [1.29, 1.82) is 0 Å². The summed E-state index contributed by atoms with van der Waals surface area (Å²) in [4.78, 5) is 9.02. The van der Waals surface area contributed by atoms with E-state index in [1.54, 1.807) is 19.6 Å². The molecule has 1 aromatic carbocycles. The summed E-state index contributed by atoms with van der Waals surface area (Å²) in [7, 11) is 1.68. The van der Waals surface area contributed by atoms with Crippen LogP contribution in [0.15, 0.2) is 55.2 Å². The lowest BCUT2D eigenvalue weighted by atomic mass is 9.63. The van der Waals surface area contributed by atoms with Crippen molar-refractivity contribution in [3.63, 3.8) is 0 Å². The van der Waals surface area contributed by atoms with E-state index in [1.807, 2.05) is 23.0 Å². The molecule has 4 heterocycles. The second kappa shape index (κ2) is 8.52. The van der Waals surface area contributed by atoms with Gasteiger partial charge < -0.3 is 19.9 Å². The first-order valence-corrected chi connectivity index (χ1v) is 12.7. The lowest BCUT2D eigenvalue weighted by Gasteiger charge is -2.52. The van der Waals surface area contributed by atoms with E-state index in [-0.39, 0.29) is 5.41 Å². The lowest BCUT2D eigenvalue weighted by molar-refractivity contribution is -0.298. The van der Waals surface area contributed by atoms with E-state index in [0.717, 1.165) is 54.7 Å². The smallest absolute Gasteiger partial charge is 0.256 e. The molecule has 2 aromatic heterocycles. The van der Waals surface area contributed by atoms with Gasteiger partial charge in [0.2, 0.25) is 0 Å². The molecule has 35 heavy (non-hydrogen) atoms. The largest absolute Gasteiger partial charge is 0.380 e. The molecule has 7 heteroatoms. The molecule has 2 aliphatic heterocycles. The van der Waals surface area contributed by atoms with E-state index in [2.05, 4.69) is 46.5 Å². The van der Waals surface area contributed by atoms with E-state index in [4.69, 9.17) is 9.47 Å². The number of nitrogens with zero attached hydrogens (tertiary/aromatic N) is 3. The van der Waals surface area contributed by atoms with Gasteiger partial charge in [0.1, 0.15) is 5.60 Å². The van der Waals surface area contributed by atoms with Crippen molar-refractivity contribution in [2.45, 2.75) is 56.5 Å². The van der Waals surface area contributed by atoms with Crippen molar-refractivity contribution in [2.24, 2.45) is 5.41 Å². The zero-order chi connectivity index (χ0) is 24.1. The van der Waals surface area contributed by atoms with Crippen molar-refractivity contribution in [2.75, 3.05) is 26.8 Å². The number of methoxy groups -OCH3 is 1. The SMILES string of the molecule is COC1(n2cncc2-c2cncc([C@@](O)(c3ccc(C4CC4)cc3)C3(C)CNC3)c2)CCCCO1. The van der Waals surface area contributed by atoms with Gasteiger partial charge in [-0.05, 0) is 48.8 Å². The standard InChI is InChI=1S/C28H34N4O3/c1-26(17-31-18-26)28(33,23-9-7-21(8-10-23)20-5-6-20)24-13-22(14-29-15-24)25-16-30-19-32(25)27(34-2)11-3-4-12-35-27/h7-10,13-16,19-20,31,33H,3-6,11-12,17-18H2,1-2H3/t27?,28-/m0/s1. The number of hydrogen-bond donors (Lipinski definition) is 2. The molecule has 2 saturated heterocycles. The Hall–Kier alpha value is -2.58. The zero-order valence-corrected chi connectivity index (χ0v) is 20.5. The van der Waals surface area contributed by atoms with E-state index in [0.29, 0.717) is 12.5 Å². The number of hydrogen-bond acceptors (Lipinski definition) is 6. The molecular formula is C28H34N4O3.